The highest BCUT2D eigenvalue weighted by Gasteiger charge is 2.34. The molecule has 0 spiro atoms. The summed E-state index contributed by atoms with van der Waals surface area (Å²) in [5, 5.41) is 4.33. The number of para-hydroxylation sites is 1. The smallest absolute Gasteiger partial charge is 0.145 e. The molecule has 6 heteroatoms. The Labute approximate surface area is 367 Å². The van der Waals surface area contributed by atoms with E-state index in [4.69, 9.17) is 14.1 Å². The van der Waals surface area contributed by atoms with E-state index in [2.05, 4.69) is 202 Å². The van der Waals surface area contributed by atoms with Gasteiger partial charge in [-0.2, -0.15) is 0 Å². The summed E-state index contributed by atoms with van der Waals surface area (Å²) in [4.78, 5) is 9.89. The molecular weight excluding hydrogens is 773 g/mol. The van der Waals surface area contributed by atoms with Crippen molar-refractivity contribution in [2.45, 2.75) is 47.0 Å². The summed E-state index contributed by atoms with van der Waals surface area (Å²) >= 11 is 0. The number of fused-ring (bicyclic) bond motifs is 7. The summed E-state index contributed by atoms with van der Waals surface area (Å²) in [6.45, 7) is 14.0. The standard InChI is InChI=1S/C57H48N4O2/c1-36-30-37(2)53(38(3)31-36)60-35-59(54(39-16-9-7-10-17-39)55(60)40-18-11-8-12-19-40)42-20-15-21-43(33-42)62-44-24-25-47-49(34-44)61(51-32-41(28-29-58-51)57(4,5)6)48-27-26-46-45-22-13-14-23-50(45)63-56(46)52(47)48/h7-34H,35H2,1-6H3. The third-order valence-corrected chi connectivity index (χ3v) is 12.5. The number of aryl methyl sites for hydroxylation is 3. The van der Waals surface area contributed by atoms with Gasteiger partial charge in [-0.25, -0.2) is 4.98 Å². The highest BCUT2D eigenvalue weighted by molar-refractivity contribution is 6.24. The fourth-order valence-corrected chi connectivity index (χ4v) is 9.74. The average molecular weight is 821 g/mol. The molecule has 3 aromatic heterocycles. The van der Waals surface area contributed by atoms with Gasteiger partial charge >= 0.3 is 0 Å². The van der Waals surface area contributed by atoms with Crippen LogP contribution in [-0.2, 0) is 5.41 Å². The lowest BCUT2D eigenvalue weighted by Gasteiger charge is -2.28. The molecule has 0 fully saturated rings. The minimum atomic E-state index is -0.0522. The van der Waals surface area contributed by atoms with E-state index in [-0.39, 0.29) is 5.41 Å². The monoisotopic (exact) mass is 820 g/mol. The predicted octanol–water partition coefficient (Wildman–Crippen LogP) is 14.9. The quantitative estimate of drug-likeness (QED) is 0.160. The van der Waals surface area contributed by atoms with E-state index < -0.39 is 0 Å². The molecule has 0 bridgehead atoms. The molecule has 0 unspecified atom stereocenters. The van der Waals surface area contributed by atoms with Crippen LogP contribution < -0.4 is 14.5 Å². The molecule has 4 heterocycles. The number of hydrogen-bond donors (Lipinski definition) is 0. The van der Waals surface area contributed by atoms with Crippen LogP contribution in [0.4, 0.5) is 11.4 Å². The van der Waals surface area contributed by atoms with E-state index in [1.54, 1.807) is 0 Å². The number of furan rings is 1. The summed E-state index contributed by atoms with van der Waals surface area (Å²) in [7, 11) is 0. The zero-order valence-electron chi connectivity index (χ0n) is 36.5. The first-order chi connectivity index (χ1) is 30.6. The van der Waals surface area contributed by atoms with Crippen molar-refractivity contribution in [2.24, 2.45) is 0 Å². The number of rotatable bonds is 7. The van der Waals surface area contributed by atoms with Crippen LogP contribution in [0, 0.1) is 20.8 Å². The summed E-state index contributed by atoms with van der Waals surface area (Å²) in [6, 6.07) is 57.9. The van der Waals surface area contributed by atoms with Gasteiger partial charge in [-0.05, 0) is 97.5 Å². The average Bonchev–Trinajstić information content (AvgIpc) is 3.96. The number of ether oxygens (including phenoxy) is 1. The Balaban J connectivity index is 1.05. The van der Waals surface area contributed by atoms with Gasteiger partial charge < -0.3 is 19.0 Å². The van der Waals surface area contributed by atoms with Crippen molar-refractivity contribution < 1.29 is 9.15 Å². The van der Waals surface area contributed by atoms with Crippen LogP contribution in [0.25, 0.3) is 61.0 Å². The second-order valence-electron chi connectivity index (χ2n) is 17.9. The highest BCUT2D eigenvalue weighted by atomic mass is 16.5. The van der Waals surface area contributed by atoms with Crippen LogP contribution in [-0.4, -0.2) is 16.2 Å². The Morgan fingerprint density at radius 1 is 0.571 bits per heavy atom. The minimum absolute atomic E-state index is 0.0522. The molecule has 6 nitrogen and oxygen atoms in total. The number of aromatic nitrogens is 2. The van der Waals surface area contributed by atoms with Gasteiger partial charge in [-0.3, -0.25) is 4.57 Å². The first-order valence-electron chi connectivity index (χ1n) is 21.7. The maximum absolute atomic E-state index is 6.89. The van der Waals surface area contributed by atoms with Crippen molar-refractivity contribution in [1.29, 1.82) is 0 Å². The number of benzene rings is 7. The van der Waals surface area contributed by atoms with Crippen molar-refractivity contribution in [3.8, 4) is 17.3 Å². The Kier molecular flexibility index (Phi) is 9.02. The number of hydrogen-bond acceptors (Lipinski definition) is 5. The molecular formula is C57H48N4O2. The van der Waals surface area contributed by atoms with Crippen molar-refractivity contribution in [3.63, 3.8) is 0 Å². The first kappa shape index (κ1) is 38.4. The zero-order valence-corrected chi connectivity index (χ0v) is 36.5. The van der Waals surface area contributed by atoms with E-state index in [0.29, 0.717) is 6.67 Å². The fourth-order valence-electron chi connectivity index (χ4n) is 9.74. The molecule has 11 rings (SSSR count). The Bertz CT molecular complexity index is 3400. The molecule has 1 aliphatic heterocycles. The van der Waals surface area contributed by atoms with E-state index in [1.165, 1.54) is 33.6 Å². The molecule has 0 aliphatic carbocycles. The summed E-state index contributed by atoms with van der Waals surface area (Å²) < 4.78 is 15.8. The van der Waals surface area contributed by atoms with Gasteiger partial charge in [0.05, 0.1) is 27.8 Å². The number of anilines is 2. The fraction of sp³-hybridized carbons (Fsp3) is 0.140. The topological polar surface area (TPSA) is 46.7 Å². The van der Waals surface area contributed by atoms with Gasteiger partial charge in [-0.1, -0.05) is 123 Å². The van der Waals surface area contributed by atoms with Gasteiger partial charge in [-0.15, -0.1) is 0 Å². The zero-order chi connectivity index (χ0) is 43.0. The second kappa shape index (κ2) is 14.8. The van der Waals surface area contributed by atoms with Gasteiger partial charge in [0.25, 0.3) is 0 Å². The van der Waals surface area contributed by atoms with Crippen molar-refractivity contribution in [2.75, 3.05) is 16.5 Å². The van der Waals surface area contributed by atoms with Gasteiger partial charge in [0, 0.05) is 57.0 Å². The minimum Gasteiger partial charge on any atom is -0.457 e. The molecule has 0 radical (unpaired) electrons. The number of nitrogens with zero attached hydrogens (tertiary/aromatic N) is 4. The van der Waals surface area contributed by atoms with Crippen molar-refractivity contribution in [3.05, 3.63) is 203 Å². The van der Waals surface area contributed by atoms with Crippen LogP contribution in [0.2, 0.25) is 0 Å². The predicted molar refractivity (Wildman–Crippen MR) is 261 cm³/mol. The molecule has 0 saturated carbocycles. The molecule has 1 aliphatic rings. The molecule has 0 N–H and O–H groups in total. The Morgan fingerprint density at radius 2 is 1.24 bits per heavy atom. The lowest BCUT2D eigenvalue weighted by atomic mass is 9.88. The largest absolute Gasteiger partial charge is 0.457 e. The first-order valence-corrected chi connectivity index (χ1v) is 21.7. The van der Waals surface area contributed by atoms with Gasteiger partial charge in [0.1, 0.15) is 35.2 Å². The van der Waals surface area contributed by atoms with Crippen molar-refractivity contribution in [1.82, 2.24) is 9.55 Å². The summed E-state index contributed by atoms with van der Waals surface area (Å²) in [5.41, 5.74) is 15.6. The molecule has 308 valence electrons. The van der Waals surface area contributed by atoms with E-state index in [9.17, 15) is 0 Å². The maximum Gasteiger partial charge on any atom is 0.145 e. The lowest BCUT2D eigenvalue weighted by molar-refractivity contribution is 0.483. The van der Waals surface area contributed by atoms with Crippen molar-refractivity contribution >= 4 is 66.5 Å². The van der Waals surface area contributed by atoms with E-state index in [1.807, 2.05) is 24.4 Å². The SMILES string of the molecule is Cc1cc(C)c(N2CN(c3cccc(Oc4ccc5c6c7oc8ccccc8c7ccc6n(-c6cc(C(C)(C)C)ccn6)c5c4)c3)C(c3ccccc3)=C2c2ccccc2)c(C)c1. The third-order valence-electron chi connectivity index (χ3n) is 12.5. The van der Waals surface area contributed by atoms with Crippen LogP contribution in [0.3, 0.4) is 0 Å². The molecule has 7 aromatic carbocycles. The van der Waals surface area contributed by atoms with Crippen LogP contribution >= 0.6 is 0 Å². The van der Waals surface area contributed by atoms with E-state index >= 15 is 0 Å². The highest BCUT2D eigenvalue weighted by Crippen LogP contribution is 2.46. The normalized spacial score (nSPS) is 13.4. The molecule has 0 atom stereocenters. The molecule has 0 amide bonds. The van der Waals surface area contributed by atoms with Crippen LogP contribution in [0.5, 0.6) is 11.5 Å². The Hall–Kier alpha value is -7.57. The summed E-state index contributed by atoms with van der Waals surface area (Å²) in [6.07, 6.45) is 1.92. The van der Waals surface area contributed by atoms with Gasteiger partial charge in [0.15, 0.2) is 0 Å². The molecule has 10 aromatic rings. The van der Waals surface area contributed by atoms with Crippen LogP contribution in [0.1, 0.15) is 54.2 Å². The number of pyridine rings is 1. The van der Waals surface area contributed by atoms with Crippen LogP contribution in [0.15, 0.2) is 174 Å². The molecule has 63 heavy (non-hydrogen) atoms. The molecule has 0 saturated heterocycles. The summed E-state index contributed by atoms with van der Waals surface area (Å²) in [5.74, 6) is 2.33. The second-order valence-corrected chi connectivity index (χ2v) is 17.9. The Morgan fingerprint density at radius 3 is 1.97 bits per heavy atom. The lowest BCUT2D eigenvalue weighted by Crippen LogP contribution is -2.28. The third kappa shape index (κ3) is 6.52. The van der Waals surface area contributed by atoms with Gasteiger partial charge in [0.2, 0.25) is 0 Å². The van der Waals surface area contributed by atoms with E-state index in [0.717, 1.165) is 83.6 Å². The maximum atomic E-state index is 6.89.